The molecule has 152 valence electrons. The molecule has 0 spiro atoms. The van der Waals surface area contributed by atoms with E-state index in [0.29, 0.717) is 31.0 Å². The molecule has 1 aliphatic heterocycles. The molecular weight excluding hydrogens is 368 g/mol. The summed E-state index contributed by atoms with van der Waals surface area (Å²) in [7, 11) is 0. The lowest BCUT2D eigenvalue weighted by molar-refractivity contribution is -0.122. The van der Waals surface area contributed by atoms with Crippen LogP contribution in [-0.4, -0.2) is 15.0 Å². The molecule has 2 heterocycles. The summed E-state index contributed by atoms with van der Waals surface area (Å²) in [6, 6.07) is 9.69. The molecule has 0 fully saturated rings. The largest absolute Gasteiger partial charge is 0.348 e. The first-order chi connectivity index (χ1) is 13.8. The number of rotatable bonds is 6. The van der Waals surface area contributed by atoms with Gasteiger partial charge in [0.2, 0.25) is 5.91 Å². The highest BCUT2D eigenvalue weighted by molar-refractivity contribution is 5.76. The van der Waals surface area contributed by atoms with Gasteiger partial charge in [0.15, 0.2) is 0 Å². The Labute approximate surface area is 169 Å². The first kappa shape index (κ1) is 20.6. The Morgan fingerprint density at radius 1 is 1.21 bits per heavy atom. The molecule has 0 saturated carbocycles. The molecule has 1 amide bonds. The van der Waals surface area contributed by atoms with Crippen molar-refractivity contribution in [3.8, 4) is 6.07 Å². The summed E-state index contributed by atoms with van der Waals surface area (Å²) in [5.74, 6) is 0.131. The minimum absolute atomic E-state index is 0.0383. The monoisotopic (exact) mass is 394 g/mol. The molecule has 0 saturated heterocycles. The molecule has 0 radical (unpaired) electrons. The van der Waals surface area contributed by atoms with Crippen LogP contribution >= 0.6 is 0 Å². The van der Waals surface area contributed by atoms with E-state index in [4.69, 9.17) is 0 Å². The van der Waals surface area contributed by atoms with Crippen molar-refractivity contribution < 1.29 is 4.79 Å². The van der Waals surface area contributed by atoms with Gasteiger partial charge in [0.1, 0.15) is 18.2 Å². The van der Waals surface area contributed by atoms with Crippen molar-refractivity contribution in [2.75, 3.05) is 0 Å². The molecule has 7 nitrogen and oxygen atoms in total. The van der Waals surface area contributed by atoms with Crippen LogP contribution in [0.1, 0.15) is 55.6 Å². The molecule has 0 unspecified atom stereocenters. The van der Waals surface area contributed by atoms with Gasteiger partial charge in [-0.05, 0) is 43.2 Å². The maximum atomic E-state index is 12.6. The minimum atomic E-state index is -0.688. The number of aromatic nitrogens is 2. The number of hydrogen-bond donors (Lipinski definition) is 1. The van der Waals surface area contributed by atoms with E-state index < -0.39 is 23.7 Å². The van der Waals surface area contributed by atoms with Crippen molar-refractivity contribution in [1.29, 1.82) is 5.26 Å². The zero-order chi connectivity index (χ0) is 21.1. The first-order valence-corrected chi connectivity index (χ1v) is 9.96. The van der Waals surface area contributed by atoms with Gasteiger partial charge in [-0.25, -0.2) is 9.36 Å². The van der Waals surface area contributed by atoms with Crippen molar-refractivity contribution in [1.82, 2.24) is 14.5 Å². The summed E-state index contributed by atoms with van der Waals surface area (Å²) in [4.78, 5) is 37.7. The Kier molecular flexibility index (Phi) is 6.02. The molecule has 3 rings (SSSR count). The molecule has 0 aliphatic carbocycles. The van der Waals surface area contributed by atoms with E-state index in [1.54, 1.807) is 0 Å². The fourth-order valence-corrected chi connectivity index (χ4v) is 3.82. The predicted octanol–water partition coefficient (Wildman–Crippen LogP) is 1.90. The smallest absolute Gasteiger partial charge is 0.331 e. The third-order valence-corrected chi connectivity index (χ3v) is 5.25. The van der Waals surface area contributed by atoms with Gasteiger partial charge in [0.25, 0.3) is 5.56 Å². The van der Waals surface area contributed by atoms with Gasteiger partial charge in [-0.1, -0.05) is 38.1 Å². The third-order valence-electron chi connectivity index (χ3n) is 5.25. The number of hydrogen-bond acceptors (Lipinski definition) is 4. The quantitative estimate of drug-likeness (QED) is 0.809. The Hall–Kier alpha value is -3.14. The Morgan fingerprint density at radius 3 is 2.52 bits per heavy atom. The molecule has 2 aromatic rings. The fraction of sp³-hybridized carbons (Fsp3) is 0.455. The highest BCUT2D eigenvalue weighted by Gasteiger charge is 2.23. The lowest BCUT2D eigenvalue weighted by Crippen LogP contribution is -2.45. The van der Waals surface area contributed by atoms with Gasteiger partial charge in [-0.15, -0.1) is 0 Å². The molecule has 29 heavy (non-hydrogen) atoms. The van der Waals surface area contributed by atoms with E-state index in [0.717, 1.165) is 16.6 Å². The van der Waals surface area contributed by atoms with E-state index in [1.165, 1.54) is 10.1 Å². The standard InChI is InChI=1S/C22H26N4O3/c1-14(2)11-16-6-8-17(9-7-16)15(3)24-20(27)13-26-21(28)18(12-23)19-5-4-10-25(19)22(26)29/h6-9,14-15H,4-5,10-11,13H2,1-3H3,(H,24,27)/t15-/m0/s1. The van der Waals surface area contributed by atoms with Crippen LogP contribution in [0.25, 0.3) is 0 Å². The second kappa shape index (κ2) is 8.48. The van der Waals surface area contributed by atoms with Gasteiger partial charge in [-0.3, -0.25) is 14.2 Å². The van der Waals surface area contributed by atoms with Crippen LogP contribution in [0.3, 0.4) is 0 Å². The predicted molar refractivity (Wildman–Crippen MR) is 110 cm³/mol. The topological polar surface area (TPSA) is 96.9 Å². The van der Waals surface area contributed by atoms with Gasteiger partial charge >= 0.3 is 5.69 Å². The Bertz CT molecular complexity index is 1070. The lowest BCUT2D eigenvalue weighted by Gasteiger charge is -2.16. The van der Waals surface area contributed by atoms with E-state index in [1.807, 2.05) is 25.1 Å². The summed E-state index contributed by atoms with van der Waals surface area (Å²) in [5, 5.41) is 12.2. The number of benzene rings is 1. The number of nitrogens with zero attached hydrogens (tertiary/aromatic N) is 3. The molecule has 1 aliphatic rings. The van der Waals surface area contributed by atoms with Crippen LogP contribution in [0.15, 0.2) is 33.9 Å². The summed E-state index contributed by atoms with van der Waals surface area (Å²) >= 11 is 0. The third kappa shape index (κ3) is 4.32. The molecule has 7 heteroatoms. The Morgan fingerprint density at radius 2 is 1.90 bits per heavy atom. The second-order valence-corrected chi connectivity index (χ2v) is 7.99. The summed E-state index contributed by atoms with van der Waals surface area (Å²) in [5.41, 5.74) is 1.41. The maximum Gasteiger partial charge on any atom is 0.331 e. The lowest BCUT2D eigenvalue weighted by atomic mass is 10.00. The van der Waals surface area contributed by atoms with Crippen LogP contribution in [0.5, 0.6) is 0 Å². The van der Waals surface area contributed by atoms with Crippen molar-refractivity contribution in [3.05, 3.63) is 67.5 Å². The van der Waals surface area contributed by atoms with Crippen molar-refractivity contribution >= 4 is 5.91 Å². The van der Waals surface area contributed by atoms with E-state index in [2.05, 4.69) is 31.3 Å². The molecule has 1 aromatic heterocycles. The fourth-order valence-electron chi connectivity index (χ4n) is 3.82. The van der Waals surface area contributed by atoms with Gasteiger partial charge in [0.05, 0.1) is 6.04 Å². The van der Waals surface area contributed by atoms with Crippen molar-refractivity contribution in [2.45, 2.75) is 59.2 Å². The van der Waals surface area contributed by atoms with Gasteiger partial charge in [-0.2, -0.15) is 5.26 Å². The second-order valence-electron chi connectivity index (χ2n) is 7.99. The number of nitrogens with one attached hydrogen (secondary N) is 1. The van der Waals surface area contributed by atoms with Crippen LogP contribution in [0.2, 0.25) is 0 Å². The van der Waals surface area contributed by atoms with Crippen LogP contribution < -0.4 is 16.6 Å². The molecule has 1 N–H and O–H groups in total. The average Bonchev–Trinajstić information content (AvgIpc) is 3.15. The zero-order valence-corrected chi connectivity index (χ0v) is 17.1. The summed E-state index contributed by atoms with van der Waals surface area (Å²) in [6.07, 6.45) is 2.24. The zero-order valence-electron chi connectivity index (χ0n) is 17.1. The molecule has 0 bridgehead atoms. The number of nitriles is 1. The van der Waals surface area contributed by atoms with Crippen LogP contribution in [0.4, 0.5) is 0 Å². The number of amides is 1. The minimum Gasteiger partial charge on any atom is -0.348 e. The number of carbonyl (C=O) groups is 1. The van der Waals surface area contributed by atoms with Crippen molar-refractivity contribution in [2.24, 2.45) is 5.92 Å². The van der Waals surface area contributed by atoms with Gasteiger partial charge in [0, 0.05) is 12.2 Å². The van der Waals surface area contributed by atoms with Crippen LogP contribution in [0, 0.1) is 17.2 Å². The normalized spacial score (nSPS) is 13.8. The van der Waals surface area contributed by atoms with Crippen LogP contribution in [-0.2, 0) is 30.7 Å². The SMILES string of the molecule is CC(C)Cc1ccc([C@H](C)NC(=O)Cn2c(=O)c(C#N)c3n(c2=O)CCC3)cc1. The van der Waals surface area contributed by atoms with E-state index in [-0.39, 0.29) is 11.6 Å². The highest BCUT2D eigenvalue weighted by Crippen LogP contribution is 2.16. The maximum absolute atomic E-state index is 12.6. The van der Waals surface area contributed by atoms with Gasteiger partial charge < -0.3 is 5.32 Å². The molecular formula is C22H26N4O3. The summed E-state index contributed by atoms with van der Waals surface area (Å²) < 4.78 is 2.30. The van der Waals surface area contributed by atoms with E-state index >= 15 is 0 Å². The summed E-state index contributed by atoms with van der Waals surface area (Å²) in [6.45, 7) is 6.25. The molecule has 1 atom stereocenters. The number of fused-ring (bicyclic) bond motifs is 1. The molecule has 1 aromatic carbocycles. The first-order valence-electron chi connectivity index (χ1n) is 9.96. The Balaban J connectivity index is 1.75. The number of carbonyl (C=O) groups excluding carboxylic acids is 1. The average molecular weight is 394 g/mol. The highest BCUT2D eigenvalue weighted by atomic mass is 16.2. The van der Waals surface area contributed by atoms with Crippen molar-refractivity contribution in [3.63, 3.8) is 0 Å². The van der Waals surface area contributed by atoms with E-state index in [9.17, 15) is 19.6 Å².